The molecule has 1 aliphatic rings. The van der Waals surface area contributed by atoms with E-state index in [1.54, 1.807) is 0 Å². The molecule has 0 bridgehead atoms. The Kier molecular flexibility index (Phi) is 3.05. The zero-order chi connectivity index (χ0) is 6.53. The van der Waals surface area contributed by atoms with Crippen molar-refractivity contribution in [3.05, 3.63) is 6.92 Å². The fourth-order valence-electron chi connectivity index (χ4n) is 1.24. The molecule has 0 N–H and O–H groups in total. The van der Waals surface area contributed by atoms with Crippen LogP contribution in [0.3, 0.4) is 0 Å². The first kappa shape index (κ1) is 7.07. The van der Waals surface area contributed by atoms with E-state index < -0.39 is 0 Å². The fourth-order valence-corrected chi connectivity index (χ4v) is 1.24. The minimum atomic E-state index is 0.853. The second-order valence-electron chi connectivity index (χ2n) is 2.73. The molecule has 1 atom stereocenters. The minimum absolute atomic E-state index is 0.853. The van der Waals surface area contributed by atoms with Crippen LogP contribution in [0.1, 0.15) is 25.7 Å². The van der Waals surface area contributed by atoms with Gasteiger partial charge >= 0.3 is 0 Å². The lowest BCUT2D eigenvalue weighted by atomic mass is 10.0. The largest absolute Gasteiger partial charge is 0.381 e. The van der Waals surface area contributed by atoms with Crippen molar-refractivity contribution < 1.29 is 4.74 Å². The van der Waals surface area contributed by atoms with Crippen molar-refractivity contribution in [3.63, 3.8) is 0 Å². The molecule has 1 heterocycles. The van der Waals surface area contributed by atoms with Gasteiger partial charge in [-0.2, -0.15) is 0 Å². The third-order valence-corrected chi connectivity index (χ3v) is 1.89. The summed E-state index contributed by atoms with van der Waals surface area (Å²) in [5, 5.41) is 0. The summed E-state index contributed by atoms with van der Waals surface area (Å²) in [5.74, 6) is 0.853. The quantitative estimate of drug-likeness (QED) is 0.563. The SMILES string of the molecule is [CH2]CCCC1CCOC1. The highest BCUT2D eigenvalue weighted by molar-refractivity contribution is 4.63. The maximum atomic E-state index is 5.23. The molecule has 9 heavy (non-hydrogen) atoms. The predicted molar refractivity (Wildman–Crippen MR) is 38.1 cm³/mol. The molecule has 1 radical (unpaired) electrons. The van der Waals surface area contributed by atoms with Crippen LogP contribution in [-0.4, -0.2) is 13.2 Å². The van der Waals surface area contributed by atoms with Crippen LogP contribution in [0.15, 0.2) is 0 Å². The predicted octanol–water partition coefficient (Wildman–Crippen LogP) is 2.03. The topological polar surface area (TPSA) is 9.23 Å². The Balaban J connectivity index is 1.98. The van der Waals surface area contributed by atoms with Gasteiger partial charge in [0.25, 0.3) is 0 Å². The fraction of sp³-hybridized carbons (Fsp3) is 0.875. The Bertz CT molecular complexity index is 65.0. The van der Waals surface area contributed by atoms with E-state index in [1.807, 2.05) is 0 Å². The van der Waals surface area contributed by atoms with Gasteiger partial charge in [-0.3, -0.25) is 0 Å². The summed E-state index contributed by atoms with van der Waals surface area (Å²) in [5.41, 5.74) is 0. The van der Waals surface area contributed by atoms with Gasteiger partial charge in [0, 0.05) is 13.2 Å². The molecular formula is C8H15O. The lowest BCUT2D eigenvalue weighted by Crippen LogP contribution is -1.97. The second kappa shape index (κ2) is 3.89. The van der Waals surface area contributed by atoms with E-state index in [0.29, 0.717) is 0 Å². The van der Waals surface area contributed by atoms with Crippen LogP contribution in [0.25, 0.3) is 0 Å². The molecule has 1 aliphatic heterocycles. The monoisotopic (exact) mass is 127 g/mol. The molecule has 1 unspecified atom stereocenters. The zero-order valence-corrected chi connectivity index (χ0v) is 5.94. The highest BCUT2D eigenvalue weighted by atomic mass is 16.5. The maximum Gasteiger partial charge on any atom is 0.0495 e. The van der Waals surface area contributed by atoms with Crippen LogP contribution in [0.5, 0.6) is 0 Å². The molecule has 0 amide bonds. The minimum Gasteiger partial charge on any atom is -0.381 e. The van der Waals surface area contributed by atoms with Crippen molar-refractivity contribution in [1.82, 2.24) is 0 Å². The molecule has 1 heteroatoms. The third kappa shape index (κ3) is 2.35. The summed E-state index contributed by atoms with van der Waals surface area (Å²) < 4.78 is 5.23. The molecule has 1 fully saturated rings. The van der Waals surface area contributed by atoms with Gasteiger partial charge in [0.05, 0.1) is 0 Å². The Morgan fingerprint density at radius 2 is 2.44 bits per heavy atom. The van der Waals surface area contributed by atoms with Crippen molar-refractivity contribution in [1.29, 1.82) is 0 Å². The van der Waals surface area contributed by atoms with Gasteiger partial charge in [-0.15, -0.1) is 0 Å². The standard InChI is InChI=1S/C8H15O/c1-2-3-4-8-5-6-9-7-8/h8H,1-7H2. The summed E-state index contributed by atoms with van der Waals surface area (Å²) in [6.07, 6.45) is 4.95. The van der Waals surface area contributed by atoms with Crippen LogP contribution in [-0.2, 0) is 4.74 Å². The van der Waals surface area contributed by atoms with E-state index in [1.165, 1.54) is 19.3 Å². The second-order valence-corrected chi connectivity index (χ2v) is 2.73. The molecule has 1 nitrogen and oxygen atoms in total. The number of rotatable bonds is 3. The Morgan fingerprint density at radius 1 is 1.56 bits per heavy atom. The van der Waals surface area contributed by atoms with Crippen molar-refractivity contribution in [2.45, 2.75) is 25.7 Å². The molecule has 0 spiro atoms. The summed E-state index contributed by atoms with van der Waals surface area (Å²) in [4.78, 5) is 0. The Morgan fingerprint density at radius 3 is 3.00 bits per heavy atom. The van der Waals surface area contributed by atoms with E-state index in [-0.39, 0.29) is 0 Å². The van der Waals surface area contributed by atoms with Gasteiger partial charge in [-0.05, 0) is 18.8 Å². The van der Waals surface area contributed by atoms with Crippen molar-refractivity contribution in [3.8, 4) is 0 Å². The highest BCUT2D eigenvalue weighted by Gasteiger charge is 2.13. The van der Waals surface area contributed by atoms with Crippen molar-refractivity contribution in [2.75, 3.05) is 13.2 Å². The Labute approximate surface area is 57.4 Å². The average Bonchev–Trinajstić information content (AvgIpc) is 2.34. The van der Waals surface area contributed by atoms with Gasteiger partial charge in [0.2, 0.25) is 0 Å². The van der Waals surface area contributed by atoms with E-state index in [2.05, 4.69) is 6.92 Å². The van der Waals surface area contributed by atoms with Crippen LogP contribution >= 0.6 is 0 Å². The van der Waals surface area contributed by atoms with Gasteiger partial charge in [0.15, 0.2) is 0 Å². The summed E-state index contributed by atoms with van der Waals surface area (Å²) >= 11 is 0. The molecule has 0 aromatic heterocycles. The van der Waals surface area contributed by atoms with E-state index in [0.717, 1.165) is 25.6 Å². The normalized spacial score (nSPS) is 27.0. The number of ether oxygens (including phenoxy) is 1. The summed E-state index contributed by atoms with van der Waals surface area (Å²) in [7, 11) is 0. The molecule has 1 saturated heterocycles. The summed E-state index contributed by atoms with van der Waals surface area (Å²) in [6.45, 7) is 5.79. The third-order valence-electron chi connectivity index (χ3n) is 1.89. The molecule has 0 aromatic rings. The first-order valence-electron chi connectivity index (χ1n) is 3.80. The Hall–Kier alpha value is -0.0400. The lowest BCUT2D eigenvalue weighted by molar-refractivity contribution is 0.184. The van der Waals surface area contributed by atoms with E-state index >= 15 is 0 Å². The van der Waals surface area contributed by atoms with Crippen LogP contribution in [0, 0.1) is 12.8 Å². The van der Waals surface area contributed by atoms with Crippen molar-refractivity contribution >= 4 is 0 Å². The molecule has 0 aliphatic carbocycles. The van der Waals surface area contributed by atoms with Crippen LogP contribution in [0.2, 0.25) is 0 Å². The highest BCUT2D eigenvalue weighted by Crippen LogP contribution is 2.18. The van der Waals surface area contributed by atoms with Crippen LogP contribution in [0.4, 0.5) is 0 Å². The van der Waals surface area contributed by atoms with Gasteiger partial charge in [-0.1, -0.05) is 19.8 Å². The molecule has 53 valence electrons. The maximum absolute atomic E-state index is 5.23. The van der Waals surface area contributed by atoms with Gasteiger partial charge in [0.1, 0.15) is 0 Å². The lowest BCUT2D eigenvalue weighted by Gasteiger charge is -2.03. The molecule has 1 rings (SSSR count). The zero-order valence-electron chi connectivity index (χ0n) is 5.94. The first-order valence-corrected chi connectivity index (χ1v) is 3.80. The van der Waals surface area contributed by atoms with E-state index in [9.17, 15) is 0 Å². The smallest absolute Gasteiger partial charge is 0.0495 e. The average molecular weight is 127 g/mol. The molecule has 0 aromatic carbocycles. The first-order chi connectivity index (χ1) is 4.43. The van der Waals surface area contributed by atoms with Crippen LogP contribution < -0.4 is 0 Å². The number of hydrogen-bond donors (Lipinski definition) is 0. The van der Waals surface area contributed by atoms with E-state index in [4.69, 9.17) is 4.74 Å². The number of hydrogen-bond acceptors (Lipinski definition) is 1. The van der Waals surface area contributed by atoms with Crippen molar-refractivity contribution in [2.24, 2.45) is 5.92 Å². The molecular weight excluding hydrogens is 112 g/mol. The van der Waals surface area contributed by atoms with Gasteiger partial charge < -0.3 is 4.74 Å². The number of unbranched alkanes of at least 4 members (excludes halogenated alkanes) is 1. The molecule has 0 saturated carbocycles. The van der Waals surface area contributed by atoms with Gasteiger partial charge in [-0.25, -0.2) is 0 Å². The summed E-state index contributed by atoms with van der Waals surface area (Å²) in [6, 6.07) is 0.